The van der Waals surface area contributed by atoms with Crippen LogP contribution in [0.4, 0.5) is 0 Å². The maximum absolute atomic E-state index is 12.9. The van der Waals surface area contributed by atoms with Gasteiger partial charge in [-0.25, -0.2) is 4.79 Å². The van der Waals surface area contributed by atoms with Gasteiger partial charge >= 0.3 is 17.9 Å². The van der Waals surface area contributed by atoms with Crippen molar-refractivity contribution in [3.8, 4) is 0 Å². The average Bonchev–Trinajstić information content (AvgIpc) is 2.51. The zero-order valence-corrected chi connectivity index (χ0v) is 21.5. The van der Waals surface area contributed by atoms with Gasteiger partial charge in [0.25, 0.3) is 0 Å². The molecule has 0 saturated carbocycles. The number of ether oxygens (including phenoxy) is 3. The highest BCUT2D eigenvalue weighted by molar-refractivity contribution is 5.90. The van der Waals surface area contributed by atoms with E-state index in [0.717, 1.165) is 0 Å². The summed E-state index contributed by atoms with van der Waals surface area (Å²) in [5.74, 6) is -2.63. The first-order valence-corrected chi connectivity index (χ1v) is 10.9. The molecule has 0 aromatic carbocycles. The minimum Gasteiger partial charge on any atom is -0.462 e. The summed E-state index contributed by atoms with van der Waals surface area (Å²) < 4.78 is 16.2. The van der Waals surface area contributed by atoms with Gasteiger partial charge in [-0.2, -0.15) is 0 Å². The summed E-state index contributed by atoms with van der Waals surface area (Å²) in [6, 6.07) is 0. The number of carbonyl (C=O) groups is 3. The molecule has 0 rings (SSSR count). The Morgan fingerprint density at radius 1 is 0.613 bits per heavy atom. The van der Waals surface area contributed by atoms with Crippen molar-refractivity contribution in [3.05, 3.63) is 0 Å². The monoisotopic (exact) mass is 444 g/mol. The van der Waals surface area contributed by atoms with E-state index in [2.05, 4.69) is 0 Å². The molecule has 0 heterocycles. The second-order valence-electron chi connectivity index (χ2n) is 11.8. The fourth-order valence-corrected chi connectivity index (χ4v) is 1.96. The quantitative estimate of drug-likeness (QED) is 0.437. The van der Waals surface area contributed by atoms with Gasteiger partial charge in [-0.1, -0.05) is 62.3 Å². The van der Waals surface area contributed by atoms with Gasteiger partial charge in [0.1, 0.15) is 18.3 Å². The highest BCUT2D eigenvalue weighted by Crippen LogP contribution is 2.29. The first-order chi connectivity index (χ1) is 13.6. The maximum atomic E-state index is 12.9. The van der Waals surface area contributed by atoms with Crippen LogP contribution in [0.1, 0.15) is 95.9 Å². The molecule has 3 unspecified atom stereocenters. The van der Waals surface area contributed by atoms with E-state index in [-0.39, 0.29) is 16.2 Å². The topological polar surface area (TPSA) is 99.1 Å². The Hall–Kier alpha value is -1.63. The molecule has 0 fully saturated rings. The largest absolute Gasteiger partial charge is 0.462 e. The molecule has 0 amide bonds. The fourth-order valence-electron chi connectivity index (χ4n) is 1.96. The molecule has 0 aromatic rings. The SMILES string of the molecule is CC(OC(=O)CC(O)(CC(=O)OC(C)C(C)(C)C)C(=O)OC(C)C(C)(C)C)C(C)(C)C. The van der Waals surface area contributed by atoms with Crippen molar-refractivity contribution < 1.29 is 33.7 Å². The molecule has 0 saturated heterocycles. The van der Waals surface area contributed by atoms with E-state index in [0.29, 0.717) is 0 Å². The van der Waals surface area contributed by atoms with Crippen LogP contribution in [0.5, 0.6) is 0 Å². The van der Waals surface area contributed by atoms with Gasteiger partial charge in [-0.05, 0) is 37.0 Å². The fraction of sp³-hybridized carbons (Fsp3) is 0.875. The lowest BCUT2D eigenvalue weighted by molar-refractivity contribution is -0.188. The Morgan fingerprint density at radius 3 is 1.13 bits per heavy atom. The van der Waals surface area contributed by atoms with Crippen LogP contribution in [0, 0.1) is 16.2 Å². The molecule has 7 nitrogen and oxygen atoms in total. The third kappa shape index (κ3) is 10.0. The van der Waals surface area contributed by atoms with E-state index in [1.54, 1.807) is 20.8 Å². The molecular weight excluding hydrogens is 400 g/mol. The van der Waals surface area contributed by atoms with Crippen molar-refractivity contribution in [3.63, 3.8) is 0 Å². The van der Waals surface area contributed by atoms with Crippen molar-refractivity contribution >= 4 is 17.9 Å². The number of hydrogen-bond donors (Lipinski definition) is 1. The van der Waals surface area contributed by atoms with E-state index < -0.39 is 54.7 Å². The average molecular weight is 445 g/mol. The van der Waals surface area contributed by atoms with Crippen LogP contribution in [0.2, 0.25) is 0 Å². The molecule has 182 valence electrons. The minimum absolute atomic E-state index is 0.323. The Morgan fingerprint density at radius 2 is 0.871 bits per heavy atom. The number of esters is 3. The van der Waals surface area contributed by atoms with Crippen LogP contribution < -0.4 is 0 Å². The lowest BCUT2D eigenvalue weighted by Gasteiger charge is -2.33. The van der Waals surface area contributed by atoms with Gasteiger partial charge in [-0.15, -0.1) is 0 Å². The van der Waals surface area contributed by atoms with Crippen LogP contribution >= 0.6 is 0 Å². The molecule has 31 heavy (non-hydrogen) atoms. The lowest BCUT2D eigenvalue weighted by atomic mass is 9.89. The van der Waals surface area contributed by atoms with Gasteiger partial charge in [-0.3, -0.25) is 9.59 Å². The van der Waals surface area contributed by atoms with Gasteiger partial charge in [0, 0.05) is 0 Å². The lowest BCUT2D eigenvalue weighted by Crippen LogP contribution is -2.48. The normalized spacial score (nSPS) is 17.7. The maximum Gasteiger partial charge on any atom is 0.339 e. The van der Waals surface area contributed by atoms with E-state index in [1.807, 2.05) is 62.3 Å². The van der Waals surface area contributed by atoms with Gasteiger partial charge in [0.2, 0.25) is 0 Å². The third-order valence-corrected chi connectivity index (χ3v) is 5.81. The summed E-state index contributed by atoms with van der Waals surface area (Å²) in [6.45, 7) is 22.2. The van der Waals surface area contributed by atoms with Crippen molar-refractivity contribution in [2.24, 2.45) is 16.2 Å². The molecule has 1 N–H and O–H groups in total. The molecule has 0 radical (unpaired) electrons. The molecule has 7 heteroatoms. The van der Waals surface area contributed by atoms with E-state index >= 15 is 0 Å². The molecule has 0 aromatic heterocycles. The Labute approximate surface area is 188 Å². The predicted octanol–water partition coefficient (Wildman–Crippen LogP) is 4.43. The molecule has 3 atom stereocenters. The van der Waals surface area contributed by atoms with Crippen molar-refractivity contribution in [2.45, 2.75) is 120 Å². The zero-order chi connectivity index (χ0) is 25.0. The number of aliphatic hydroxyl groups is 1. The minimum atomic E-state index is -2.39. The summed E-state index contributed by atoms with van der Waals surface area (Å²) in [5, 5.41) is 11.1. The van der Waals surface area contributed by atoms with Crippen molar-refractivity contribution in [1.29, 1.82) is 0 Å². The number of rotatable bonds is 8. The highest BCUT2D eigenvalue weighted by Gasteiger charge is 2.46. The molecule has 0 aliphatic heterocycles. The molecule has 0 spiro atoms. The van der Waals surface area contributed by atoms with Crippen LogP contribution in [-0.2, 0) is 28.6 Å². The van der Waals surface area contributed by atoms with Crippen LogP contribution in [0.3, 0.4) is 0 Å². The van der Waals surface area contributed by atoms with Crippen molar-refractivity contribution in [2.75, 3.05) is 0 Å². The van der Waals surface area contributed by atoms with E-state index in [4.69, 9.17) is 14.2 Å². The molecule has 0 aliphatic carbocycles. The van der Waals surface area contributed by atoms with E-state index in [9.17, 15) is 19.5 Å². The summed E-state index contributed by atoms with van der Waals surface area (Å²) >= 11 is 0. The Kier molecular flexibility index (Phi) is 9.78. The molecule has 0 bridgehead atoms. The highest BCUT2D eigenvalue weighted by atomic mass is 16.6. The van der Waals surface area contributed by atoms with E-state index in [1.165, 1.54) is 0 Å². The smallest absolute Gasteiger partial charge is 0.339 e. The van der Waals surface area contributed by atoms with Gasteiger partial charge in [0.15, 0.2) is 5.60 Å². The van der Waals surface area contributed by atoms with Gasteiger partial charge < -0.3 is 19.3 Å². The summed E-state index contributed by atoms with van der Waals surface area (Å²) in [6.07, 6.45) is -2.88. The van der Waals surface area contributed by atoms with Crippen LogP contribution in [0.25, 0.3) is 0 Å². The van der Waals surface area contributed by atoms with Crippen LogP contribution in [0.15, 0.2) is 0 Å². The Balaban J connectivity index is 5.62. The number of hydrogen-bond acceptors (Lipinski definition) is 7. The first-order valence-electron chi connectivity index (χ1n) is 10.9. The predicted molar refractivity (Wildman–Crippen MR) is 119 cm³/mol. The standard InChI is InChI=1S/C24H44O7/c1-15(21(4,5)6)29-18(25)13-24(28,20(27)31-17(3)23(10,11)12)14-19(26)30-16(2)22(7,8)9/h15-17,28H,13-14H2,1-12H3. The van der Waals surface area contributed by atoms with Crippen LogP contribution in [-0.4, -0.2) is 46.9 Å². The van der Waals surface area contributed by atoms with Gasteiger partial charge in [0.05, 0.1) is 12.8 Å². The summed E-state index contributed by atoms with van der Waals surface area (Å²) in [5.41, 5.74) is -3.42. The third-order valence-electron chi connectivity index (χ3n) is 5.81. The zero-order valence-electron chi connectivity index (χ0n) is 21.5. The van der Waals surface area contributed by atoms with Crippen molar-refractivity contribution in [1.82, 2.24) is 0 Å². The number of carbonyl (C=O) groups excluding carboxylic acids is 3. The summed E-state index contributed by atoms with van der Waals surface area (Å²) in [4.78, 5) is 37.9. The summed E-state index contributed by atoms with van der Waals surface area (Å²) in [7, 11) is 0. The Bertz CT molecular complexity index is 596. The second kappa shape index (κ2) is 10.3. The molecule has 0 aliphatic rings. The second-order valence-corrected chi connectivity index (χ2v) is 11.8. The molecular formula is C24H44O7. The first kappa shape index (κ1) is 29.4.